The predicted octanol–water partition coefficient (Wildman–Crippen LogP) is 1.25. The maximum Gasteiger partial charge on any atom is 0.358 e. The Morgan fingerprint density at radius 3 is 2.59 bits per heavy atom. The molecule has 1 aromatic carbocycles. The van der Waals surface area contributed by atoms with Gasteiger partial charge in [0.1, 0.15) is 5.69 Å². The molecule has 0 aliphatic heterocycles. The van der Waals surface area contributed by atoms with Crippen molar-refractivity contribution in [3.8, 4) is 11.3 Å². The monoisotopic (exact) mass is 232 g/mol. The molecule has 0 radical (unpaired) electrons. The molecule has 0 fully saturated rings. The summed E-state index contributed by atoms with van der Waals surface area (Å²) in [6.45, 7) is 2.43. The lowest BCUT2D eigenvalue weighted by Gasteiger charge is -2.04. The highest BCUT2D eigenvalue weighted by atomic mass is 16.4. The number of nitrogens with zero attached hydrogens (tertiary/aromatic N) is 3. The Kier molecular flexibility index (Phi) is 2.78. The Hall–Kier alpha value is -2.37. The average molecular weight is 232 g/mol. The molecule has 88 valence electrons. The highest BCUT2D eigenvalue weighted by Gasteiger charge is 2.19. The zero-order chi connectivity index (χ0) is 12.4. The van der Waals surface area contributed by atoms with Gasteiger partial charge in [0.25, 0.3) is 0 Å². The van der Waals surface area contributed by atoms with Crippen LogP contribution in [0.4, 0.5) is 5.69 Å². The molecule has 3 N–H and O–H groups in total. The molecule has 1 heterocycles. The normalized spacial score (nSPS) is 10.4. The minimum Gasteiger partial charge on any atom is -0.476 e. The first-order valence-electron chi connectivity index (χ1n) is 5.16. The number of benzene rings is 1. The first-order valence-corrected chi connectivity index (χ1v) is 5.16. The number of nitrogen functional groups attached to an aromatic ring is 1. The highest BCUT2D eigenvalue weighted by molar-refractivity contribution is 5.92. The molecule has 0 saturated heterocycles. The summed E-state index contributed by atoms with van der Waals surface area (Å²) in [5.41, 5.74) is 7.41. The fraction of sp³-hybridized carbons (Fsp3) is 0.182. The van der Waals surface area contributed by atoms with Crippen molar-refractivity contribution in [1.29, 1.82) is 0 Å². The van der Waals surface area contributed by atoms with Gasteiger partial charge in [0.15, 0.2) is 5.69 Å². The van der Waals surface area contributed by atoms with Crippen LogP contribution in [0.1, 0.15) is 17.4 Å². The molecule has 1 aromatic heterocycles. The summed E-state index contributed by atoms with van der Waals surface area (Å²) in [5, 5.41) is 16.5. The minimum absolute atomic E-state index is 0.0448. The number of aryl methyl sites for hydroxylation is 1. The van der Waals surface area contributed by atoms with Crippen molar-refractivity contribution in [1.82, 2.24) is 15.0 Å². The Bertz CT molecular complexity index is 545. The van der Waals surface area contributed by atoms with Crippen LogP contribution < -0.4 is 5.73 Å². The van der Waals surface area contributed by atoms with Crippen LogP contribution in [-0.2, 0) is 6.54 Å². The van der Waals surface area contributed by atoms with E-state index in [-0.39, 0.29) is 5.69 Å². The van der Waals surface area contributed by atoms with Crippen LogP contribution in [0.15, 0.2) is 24.3 Å². The SMILES string of the molecule is CCn1nnc(C(=O)O)c1-c1ccc(N)cc1. The first kappa shape index (κ1) is 11.1. The molecular formula is C11H12N4O2. The van der Waals surface area contributed by atoms with Crippen molar-refractivity contribution in [2.45, 2.75) is 13.5 Å². The third-order valence-corrected chi connectivity index (χ3v) is 2.42. The van der Waals surface area contributed by atoms with E-state index in [1.54, 1.807) is 28.9 Å². The van der Waals surface area contributed by atoms with Crippen molar-refractivity contribution >= 4 is 11.7 Å². The zero-order valence-electron chi connectivity index (χ0n) is 9.29. The van der Waals surface area contributed by atoms with E-state index < -0.39 is 5.97 Å². The van der Waals surface area contributed by atoms with E-state index >= 15 is 0 Å². The van der Waals surface area contributed by atoms with Crippen LogP contribution >= 0.6 is 0 Å². The summed E-state index contributed by atoms with van der Waals surface area (Å²) in [6.07, 6.45) is 0. The Labute approximate surface area is 97.7 Å². The molecule has 2 aromatic rings. The quantitative estimate of drug-likeness (QED) is 0.776. The number of carboxylic acids is 1. The van der Waals surface area contributed by atoms with Crippen LogP contribution in [0.2, 0.25) is 0 Å². The molecular weight excluding hydrogens is 220 g/mol. The Balaban J connectivity index is 2.59. The zero-order valence-corrected chi connectivity index (χ0v) is 9.29. The topological polar surface area (TPSA) is 94.0 Å². The van der Waals surface area contributed by atoms with Gasteiger partial charge in [-0.3, -0.25) is 0 Å². The van der Waals surface area contributed by atoms with Crippen LogP contribution in [0.5, 0.6) is 0 Å². The fourth-order valence-corrected chi connectivity index (χ4v) is 1.61. The fourth-order valence-electron chi connectivity index (χ4n) is 1.61. The van der Waals surface area contributed by atoms with Gasteiger partial charge in [-0.05, 0) is 19.1 Å². The molecule has 0 bridgehead atoms. The molecule has 6 heteroatoms. The largest absolute Gasteiger partial charge is 0.476 e. The van der Waals surface area contributed by atoms with Crippen molar-refractivity contribution in [3.05, 3.63) is 30.0 Å². The van der Waals surface area contributed by atoms with Gasteiger partial charge in [-0.2, -0.15) is 0 Å². The van der Waals surface area contributed by atoms with Crippen molar-refractivity contribution in [2.24, 2.45) is 0 Å². The number of carbonyl (C=O) groups is 1. The van der Waals surface area contributed by atoms with Gasteiger partial charge in [-0.15, -0.1) is 5.10 Å². The predicted molar refractivity (Wildman–Crippen MR) is 62.5 cm³/mol. The smallest absolute Gasteiger partial charge is 0.358 e. The minimum atomic E-state index is -1.09. The van der Waals surface area contributed by atoms with Crippen molar-refractivity contribution in [3.63, 3.8) is 0 Å². The molecule has 0 saturated carbocycles. The van der Waals surface area contributed by atoms with Crippen LogP contribution in [0, 0.1) is 0 Å². The molecule has 0 atom stereocenters. The summed E-state index contributed by atoms with van der Waals surface area (Å²) >= 11 is 0. The Morgan fingerprint density at radius 2 is 2.06 bits per heavy atom. The second kappa shape index (κ2) is 4.25. The number of anilines is 1. The number of hydrogen-bond acceptors (Lipinski definition) is 4. The number of aromatic carboxylic acids is 1. The second-order valence-corrected chi connectivity index (χ2v) is 3.53. The van der Waals surface area contributed by atoms with Gasteiger partial charge >= 0.3 is 5.97 Å². The molecule has 0 aliphatic rings. The third-order valence-electron chi connectivity index (χ3n) is 2.42. The first-order chi connectivity index (χ1) is 8.13. The maximum absolute atomic E-state index is 11.1. The molecule has 0 unspecified atom stereocenters. The summed E-state index contributed by atoms with van der Waals surface area (Å²) in [6, 6.07) is 6.95. The molecule has 0 spiro atoms. The van der Waals surface area contributed by atoms with E-state index in [4.69, 9.17) is 10.8 Å². The summed E-state index contributed by atoms with van der Waals surface area (Å²) in [5.74, 6) is -1.09. The van der Waals surface area contributed by atoms with E-state index in [0.29, 0.717) is 17.9 Å². The Morgan fingerprint density at radius 1 is 1.41 bits per heavy atom. The van der Waals surface area contributed by atoms with Crippen LogP contribution in [0.3, 0.4) is 0 Å². The summed E-state index contributed by atoms with van der Waals surface area (Å²) in [4.78, 5) is 11.1. The van der Waals surface area contributed by atoms with E-state index in [0.717, 1.165) is 5.56 Å². The van der Waals surface area contributed by atoms with E-state index in [2.05, 4.69) is 10.3 Å². The number of rotatable bonds is 3. The number of carboxylic acid groups (broad SMARTS) is 1. The summed E-state index contributed by atoms with van der Waals surface area (Å²) in [7, 11) is 0. The highest BCUT2D eigenvalue weighted by Crippen LogP contribution is 2.23. The maximum atomic E-state index is 11.1. The van der Waals surface area contributed by atoms with Crippen LogP contribution in [-0.4, -0.2) is 26.1 Å². The standard InChI is InChI=1S/C11H12N4O2/c1-2-15-10(9(11(16)17)13-14-15)7-3-5-8(12)6-4-7/h3-6H,2,12H2,1H3,(H,16,17). The van der Waals surface area contributed by atoms with E-state index in [1.165, 1.54) is 0 Å². The lowest BCUT2D eigenvalue weighted by atomic mass is 10.1. The van der Waals surface area contributed by atoms with Gasteiger partial charge in [-0.25, -0.2) is 9.48 Å². The summed E-state index contributed by atoms with van der Waals surface area (Å²) < 4.78 is 1.55. The third kappa shape index (κ3) is 1.96. The molecule has 17 heavy (non-hydrogen) atoms. The second-order valence-electron chi connectivity index (χ2n) is 3.53. The average Bonchev–Trinajstić information content (AvgIpc) is 2.73. The molecule has 6 nitrogen and oxygen atoms in total. The van der Waals surface area contributed by atoms with Gasteiger partial charge in [-0.1, -0.05) is 17.3 Å². The van der Waals surface area contributed by atoms with Gasteiger partial charge in [0.05, 0.1) is 0 Å². The number of nitrogens with two attached hydrogens (primary N) is 1. The lowest BCUT2D eigenvalue weighted by Crippen LogP contribution is -2.03. The number of hydrogen-bond donors (Lipinski definition) is 2. The molecule has 0 amide bonds. The van der Waals surface area contributed by atoms with Gasteiger partial charge < -0.3 is 10.8 Å². The number of aromatic nitrogens is 3. The molecule has 2 rings (SSSR count). The van der Waals surface area contributed by atoms with Crippen LogP contribution in [0.25, 0.3) is 11.3 Å². The molecule has 0 aliphatic carbocycles. The lowest BCUT2D eigenvalue weighted by molar-refractivity contribution is 0.0691. The van der Waals surface area contributed by atoms with Gasteiger partial charge in [0, 0.05) is 17.8 Å². The van der Waals surface area contributed by atoms with Crippen molar-refractivity contribution < 1.29 is 9.90 Å². The van der Waals surface area contributed by atoms with E-state index in [9.17, 15) is 4.79 Å². The van der Waals surface area contributed by atoms with E-state index in [1.807, 2.05) is 6.92 Å². The van der Waals surface area contributed by atoms with Gasteiger partial charge in [0.2, 0.25) is 0 Å². The van der Waals surface area contributed by atoms with Crippen molar-refractivity contribution in [2.75, 3.05) is 5.73 Å².